The molecule has 0 atom stereocenters. The SMILES string of the molecule is CCOc1ncccc1C(=O)NCCc1cnn(-c2ccccc2)c1. The van der Waals surface area contributed by atoms with E-state index in [1.165, 1.54) is 0 Å². The van der Waals surface area contributed by atoms with Crippen LogP contribution in [-0.4, -0.2) is 33.8 Å². The predicted octanol–water partition coefficient (Wildman–Crippen LogP) is 2.64. The van der Waals surface area contributed by atoms with Crippen molar-refractivity contribution in [1.29, 1.82) is 0 Å². The molecule has 0 spiro atoms. The second kappa shape index (κ2) is 8.10. The molecule has 3 rings (SSSR count). The fourth-order valence-electron chi connectivity index (χ4n) is 2.44. The number of para-hydroxylation sites is 1. The zero-order valence-corrected chi connectivity index (χ0v) is 14.1. The van der Waals surface area contributed by atoms with E-state index in [2.05, 4.69) is 15.4 Å². The smallest absolute Gasteiger partial charge is 0.256 e. The Morgan fingerprint density at radius 1 is 1.20 bits per heavy atom. The summed E-state index contributed by atoms with van der Waals surface area (Å²) in [6.07, 6.45) is 6.09. The van der Waals surface area contributed by atoms with Gasteiger partial charge in [-0.2, -0.15) is 5.10 Å². The predicted molar refractivity (Wildman–Crippen MR) is 95.0 cm³/mol. The molecule has 128 valence electrons. The lowest BCUT2D eigenvalue weighted by molar-refractivity contribution is 0.0949. The van der Waals surface area contributed by atoms with E-state index in [0.29, 0.717) is 31.0 Å². The highest BCUT2D eigenvalue weighted by molar-refractivity contribution is 5.96. The topological polar surface area (TPSA) is 69.0 Å². The van der Waals surface area contributed by atoms with Gasteiger partial charge in [0.15, 0.2) is 0 Å². The van der Waals surface area contributed by atoms with Gasteiger partial charge in [-0.25, -0.2) is 9.67 Å². The van der Waals surface area contributed by atoms with E-state index in [-0.39, 0.29) is 5.91 Å². The third-order valence-electron chi connectivity index (χ3n) is 3.65. The average Bonchev–Trinajstić information content (AvgIpc) is 3.12. The van der Waals surface area contributed by atoms with Crippen LogP contribution in [-0.2, 0) is 6.42 Å². The number of hydrogen-bond acceptors (Lipinski definition) is 4. The summed E-state index contributed by atoms with van der Waals surface area (Å²) in [6.45, 7) is 2.84. The minimum absolute atomic E-state index is 0.188. The summed E-state index contributed by atoms with van der Waals surface area (Å²) in [5.74, 6) is 0.173. The molecule has 6 heteroatoms. The fourth-order valence-corrected chi connectivity index (χ4v) is 2.44. The standard InChI is InChI=1S/C19H20N4O2/c1-2-25-19-17(9-6-11-21-19)18(24)20-12-10-15-13-22-23(14-15)16-7-4-3-5-8-16/h3-9,11,13-14H,2,10,12H2,1H3,(H,20,24). The van der Waals surface area contributed by atoms with Crippen molar-refractivity contribution in [3.8, 4) is 11.6 Å². The molecule has 0 fully saturated rings. The molecule has 0 aliphatic carbocycles. The number of benzene rings is 1. The summed E-state index contributed by atoms with van der Waals surface area (Å²) in [5, 5.41) is 7.25. The highest BCUT2D eigenvalue weighted by Crippen LogP contribution is 2.14. The highest BCUT2D eigenvalue weighted by atomic mass is 16.5. The Labute approximate surface area is 146 Å². The number of ether oxygens (including phenoxy) is 1. The molecule has 1 N–H and O–H groups in total. The van der Waals surface area contributed by atoms with Gasteiger partial charge in [0.2, 0.25) is 5.88 Å². The Morgan fingerprint density at radius 2 is 2.04 bits per heavy atom. The lowest BCUT2D eigenvalue weighted by atomic mass is 10.2. The maximum Gasteiger partial charge on any atom is 0.256 e. The molecule has 1 amide bonds. The summed E-state index contributed by atoms with van der Waals surface area (Å²) in [7, 11) is 0. The van der Waals surface area contributed by atoms with Crippen molar-refractivity contribution in [2.24, 2.45) is 0 Å². The number of carbonyl (C=O) groups excluding carboxylic acids is 1. The molecule has 0 radical (unpaired) electrons. The Bertz CT molecular complexity index is 830. The van der Waals surface area contributed by atoms with E-state index in [9.17, 15) is 4.79 Å². The Kier molecular flexibility index (Phi) is 5.41. The van der Waals surface area contributed by atoms with Crippen molar-refractivity contribution in [2.75, 3.05) is 13.2 Å². The van der Waals surface area contributed by atoms with E-state index in [1.807, 2.05) is 54.3 Å². The van der Waals surface area contributed by atoms with E-state index in [1.54, 1.807) is 18.3 Å². The van der Waals surface area contributed by atoms with Gasteiger partial charge in [0.1, 0.15) is 5.56 Å². The molecule has 0 saturated carbocycles. The minimum atomic E-state index is -0.188. The number of hydrogen-bond donors (Lipinski definition) is 1. The number of aromatic nitrogens is 3. The zero-order valence-electron chi connectivity index (χ0n) is 14.1. The van der Waals surface area contributed by atoms with Gasteiger partial charge in [-0.15, -0.1) is 0 Å². The quantitative estimate of drug-likeness (QED) is 0.720. The van der Waals surface area contributed by atoms with E-state index < -0.39 is 0 Å². The van der Waals surface area contributed by atoms with Gasteiger partial charge in [0, 0.05) is 18.9 Å². The number of amides is 1. The van der Waals surface area contributed by atoms with Crippen molar-refractivity contribution in [3.63, 3.8) is 0 Å². The van der Waals surface area contributed by atoms with E-state index in [4.69, 9.17) is 4.74 Å². The first-order valence-electron chi connectivity index (χ1n) is 8.23. The first-order valence-corrected chi connectivity index (χ1v) is 8.23. The molecule has 0 saturated heterocycles. The molecule has 1 aromatic carbocycles. The Balaban J connectivity index is 1.57. The molecule has 0 unspecified atom stereocenters. The number of nitrogens with zero attached hydrogens (tertiary/aromatic N) is 3. The van der Waals surface area contributed by atoms with Crippen molar-refractivity contribution < 1.29 is 9.53 Å². The van der Waals surface area contributed by atoms with Crippen LogP contribution in [0.4, 0.5) is 0 Å². The minimum Gasteiger partial charge on any atom is -0.477 e. The third-order valence-corrected chi connectivity index (χ3v) is 3.65. The summed E-state index contributed by atoms with van der Waals surface area (Å²) < 4.78 is 7.21. The second-order valence-electron chi connectivity index (χ2n) is 5.42. The number of rotatable bonds is 7. The fraction of sp³-hybridized carbons (Fsp3) is 0.211. The van der Waals surface area contributed by atoms with Crippen molar-refractivity contribution in [2.45, 2.75) is 13.3 Å². The zero-order chi connectivity index (χ0) is 17.5. The normalized spacial score (nSPS) is 10.4. The lowest BCUT2D eigenvalue weighted by Gasteiger charge is -2.08. The van der Waals surface area contributed by atoms with Crippen LogP contribution in [0.5, 0.6) is 5.88 Å². The Morgan fingerprint density at radius 3 is 2.84 bits per heavy atom. The van der Waals surface area contributed by atoms with Crippen molar-refractivity contribution in [1.82, 2.24) is 20.1 Å². The number of pyridine rings is 1. The summed E-state index contributed by atoms with van der Waals surface area (Å²) in [6, 6.07) is 13.3. The van der Waals surface area contributed by atoms with Crippen molar-refractivity contribution >= 4 is 5.91 Å². The van der Waals surface area contributed by atoms with Crippen LogP contribution in [0.15, 0.2) is 61.1 Å². The maximum atomic E-state index is 12.3. The monoisotopic (exact) mass is 336 g/mol. The van der Waals surface area contributed by atoms with Crippen LogP contribution in [0, 0.1) is 0 Å². The molecular weight excluding hydrogens is 316 g/mol. The van der Waals surface area contributed by atoms with Crippen LogP contribution >= 0.6 is 0 Å². The molecule has 2 heterocycles. The largest absolute Gasteiger partial charge is 0.477 e. The molecule has 2 aromatic heterocycles. The van der Waals surface area contributed by atoms with Gasteiger partial charge >= 0.3 is 0 Å². The molecule has 3 aromatic rings. The van der Waals surface area contributed by atoms with E-state index >= 15 is 0 Å². The molecule has 0 aliphatic rings. The number of nitrogens with one attached hydrogen (secondary N) is 1. The van der Waals surface area contributed by atoms with E-state index in [0.717, 1.165) is 11.3 Å². The molecular formula is C19H20N4O2. The van der Waals surface area contributed by atoms with Gasteiger partial charge in [-0.05, 0) is 43.2 Å². The first kappa shape index (κ1) is 16.7. The first-order chi connectivity index (χ1) is 12.3. The average molecular weight is 336 g/mol. The van der Waals surface area contributed by atoms with Gasteiger partial charge < -0.3 is 10.1 Å². The molecule has 25 heavy (non-hydrogen) atoms. The summed E-state index contributed by atoms with van der Waals surface area (Å²) in [5.41, 5.74) is 2.51. The van der Waals surface area contributed by atoms with Crippen LogP contribution in [0.2, 0.25) is 0 Å². The third kappa shape index (κ3) is 4.23. The van der Waals surface area contributed by atoms with Crippen LogP contribution in [0.1, 0.15) is 22.8 Å². The van der Waals surface area contributed by atoms with Crippen LogP contribution in [0.3, 0.4) is 0 Å². The van der Waals surface area contributed by atoms with Crippen molar-refractivity contribution in [3.05, 3.63) is 72.2 Å². The number of carbonyl (C=O) groups is 1. The second-order valence-corrected chi connectivity index (χ2v) is 5.42. The van der Waals surface area contributed by atoms with Gasteiger partial charge in [0.25, 0.3) is 5.91 Å². The highest BCUT2D eigenvalue weighted by Gasteiger charge is 2.12. The summed E-state index contributed by atoms with van der Waals surface area (Å²) >= 11 is 0. The molecule has 0 bridgehead atoms. The Hall–Kier alpha value is -3.15. The van der Waals surface area contributed by atoms with Crippen LogP contribution < -0.4 is 10.1 Å². The van der Waals surface area contributed by atoms with Gasteiger partial charge in [0.05, 0.1) is 18.5 Å². The lowest BCUT2D eigenvalue weighted by Crippen LogP contribution is -2.26. The maximum absolute atomic E-state index is 12.3. The molecule has 6 nitrogen and oxygen atoms in total. The van der Waals surface area contributed by atoms with Gasteiger partial charge in [-0.3, -0.25) is 4.79 Å². The van der Waals surface area contributed by atoms with Crippen LogP contribution in [0.25, 0.3) is 5.69 Å². The van der Waals surface area contributed by atoms with Gasteiger partial charge in [-0.1, -0.05) is 18.2 Å². The molecule has 0 aliphatic heterocycles. The summed E-state index contributed by atoms with van der Waals surface area (Å²) in [4.78, 5) is 16.4.